The highest BCUT2D eigenvalue weighted by molar-refractivity contribution is 7.91. The van der Waals surface area contributed by atoms with Crippen molar-refractivity contribution in [1.82, 2.24) is 14.7 Å². The van der Waals surface area contributed by atoms with E-state index in [1.165, 1.54) is 26.4 Å². The van der Waals surface area contributed by atoms with Crippen molar-refractivity contribution in [3.63, 3.8) is 0 Å². The Bertz CT molecular complexity index is 1070. The zero-order valence-electron chi connectivity index (χ0n) is 18.1. The van der Waals surface area contributed by atoms with E-state index >= 15 is 0 Å². The smallest absolute Gasteiger partial charge is 0.336 e. The molecule has 14 heteroatoms. The number of aliphatic hydroxyl groups excluding tert-OH is 1. The summed E-state index contributed by atoms with van der Waals surface area (Å²) in [5.74, 6) is -0.692. The molecule has 1 aromatic heterocycles. The Hall–Kier alpha value is -3.65. The molecule has 2 aromatic rings. The molecule has 1 atom stereocenters. The number of rotatable bonds is 8. The van der Waals surface area contributed by atoms with E-state index in [0.717, 1.165) is 19.8 Å². The minimum absolute atomic E-state index is 0.108. The molecule has 0 aliphatic heterocycles. The molecular formula is C19H25N5O8S. The summed E-state index contributed by atoms with van der Waals surface area (Å²) >= 11 is 0. The van der Waals surface area contributed by atoms with E-state index in [4.69, 9.17) is 19.4 Å². The standard InChI is InChI=1S/C17H21N5O6S.C2H4O2/c1-27-13-9-14(28-2)19-16(18-13)20-17(24)22-29(25,26)21-12-6-4-3-5-11(12)15(23)10-7-8-10;1-2(3)4/h3-6,9-10,15,21,23H,7-8H2,1-2H3,(H2,18,19,20,22,24);1H3,(H,3,4). The van der Waals surface area contributed by atoms with Crippen molar-refractivity contribution in [2.24, 2.45) is 5.92 Å². The Kier molecular flexibility index (Phi) is 8.76. The number of benzene rings is 1. The lowest BCUT2D eigenvalue weighted by atomic mass is 10.0. The van der Waals surface area contributed by atoms with Gasteiger partial charge in [0.05, 0.1) is 32.1 Å². The van der Waals surface area contributed by atoms with Crippen molar-refractivity contribution >= 4 is 33.8 Å². The largest absolute Gasteiger partial charge is 0.481 e. The summed E-state index contributed by atoms with van der Waals surface area (Å²) in [6.07, 6.45) is 0.986. The third-order valence-corrected chi connectivity index (χ3v) is 5.08. The monoisotopic (exact) mass is 483 g/mol. The molecule has 0 spiro atoms. The van der Waals surface area contributed by atoms with Gasteiger partial charge in [-0.25, -0.2) is 9.52 Å². The first-order valence-corrected chi connectivity index (χ1v) is 11.1. The first kappa shape index (κ1) is 25.6. The molecule has 1 heterocycles. The Balaban J connectivity index is 0.000000890. The van der Waals surface area contributed by atoms with Gasteiger partial charge >= 0.3 is 16.2 Å². The van der Waals surface area contributed by atoms with Crippen molar-refractivity contribution < 1.29 is 37.7 Å². The number of aromatic nitrogens is 2. The number of nitrogens with one attached hydrogen (secondary N) is 3. The number of aliphatic hydroxyl groups is 1. The average Bonchev–Trinajstić information content (AvgIpc) is 3.57. The maximum Gasteiger partial charge on any atom is 0.336 e. The number of hydrogen-bond acceptors (Lipinski definition) is 9. The van der Waals surface area contributed by atoms with Crippen LogP contribution in [0.3, 0.4) is 0 Å². The lowest BCUT2D eigenvalue weighted by Crippen LogP contribution is -2.38. The molecule has 1 aliphatic rings. The fourth-order valence-corrected chi connectivity index (χ4v) is 3.42. The molecule has 0 bridgehead atoms. The third kappa shape index (κ3) is 8.42. The van der Waals surface area contributed by atoms with Gasteiger partial charge in [0.25, 0.3) is 5.97 Å². The molecule has 180 valence electrons. The summed E-state index contributed by atoms with van der Waals surface area (Å²) in [4.78, 5) is 28.9. The van der Waals surface area contributed by atoms with Crippen LogP contribution in [-0.2, 0) is 15.0 Å². The molecule has 0 saturated heterocycles. The van der Waals surface area contributed by atoms with Crippen LogP contribution >= 0.6 is 0 Å². The second-order valence-corrected chi connectivity index (χ2v) is 8.24. The van der Waals surface area contributed by atoms with Crippen molar-refractivity contribution in [1.29, 1.82) is 0 Å². The van der Waals surface area contributed by atoms with Gasteiger partial charge in [-0.15, -0.1) is 0 Å². The zero-order valence-corrected chi connectivity index (χ0v) is 18.9. The van der Waals surface area contributed by atoms with Gasteiger partial charge < -0.3 is 19.7 Å². The van der Waals surface area contributed by atoms with Crippen LogP contribution < -0.4 is 24.2 Å². The Morgan fingerprint density at radius 3 is 2.18 bits per heavy atom. The highest BCUT2D eigenvalue weighted by atomic mass is 32.2. The number of ether oxygens (including phenoxy) is 2. The number of para-hydroxylation sites is 1. The summed E-state index contributed by atoms with van der Waals surface area (Å²) in [7, 11) is -1.55. The number of hydrogen-bond donors (Lipinski definition) is 5. The number of carboxylic acids is 1. The van der Waals surface area contributed by atoms with Gasteiger partial charge in [-0.05, 0) is 24.8 Å². The number of methoxy groups -OCH3 is 2. The number of aliphatic carboxylic acids is 1. The van der Waals surface area contributed by atoms with Crippen LogP contribution in [0.15, 0.2) is 30.3 Å². The first-order chi connectivity index (χ1) is 15.5. The van der Waals surface area contributed by atoms with Gasteiger partial charge in [0, 0.05) is 12.5 Å². The Morgan fingerprint density at radius 1 is 1.12 bits per heavy atom. The second-order valence-electron chi connectivity index (χ2n) is 6.83. The molecular weight excluding hydrogens is 458 g/mol. The van der Waals surface area contributed by atoms with Crippen LogP contribution in [0.1, 0.15) is 31.4 Å². The molecule has 1 aliphatic carbocycles. The predicted molar refractivity (Wildman–Crippen MR) is 117 cm³/mol. The average molecular weight is 484 g/mol. The Labute approximate surface area is 190 Å². The van der Waals surface area contributed by atoms with Crippen LogP contribution in [0.4, 0.5) is 16.4 Å². The van der Waals surface area contributed by atoms with Crippen molar-refractivity contribution in [2.45, 2.75) is 25.9 Å². The number of urea groups is 1. The molecule has 1 fully saturated rings. The fraction of sp³-hybridized carbons (Fsp3) is 0.368. The Morgan fingerprint density at radius 2 is 1.67 bits per heavy atom. The van der Waals surface area contributed by atoms with E-state index < -0.39 is 28.3 Å². The maximum absolute atomic E-state index is 12.4. The number of carbonyl (C=O) groups excluding carboxylic acids is 1. The minimum Gasteiger partial charge on any atom is -0.481 e. The molecule has 3 rings (SSSR count). The molecule has 2 amide bonds. The highest BCUT2D eigenvalue weighted by Gasteiger charge is 2.32. The molecule has 1 aromatic carbocycles. The summed E-state index contributed by atoms with van der Waals surface area (Å²) in [5.41, 5.74) is 0.633. The zero-order chi connectivity index (χ0) is 24.6. The highest BCUT2D eigenvalue weighted by Crippen LogP contribution is 2.42. The molecule has 33 heavy (non-hydrogen) atoms. The third-order valence-electron chi connectivity index (χ3n) is 4.14. The maximum atomic E-state index is 12.4. The molecule has 0 radical (unpaired) electrons. The lowest BCUT2D eigenvalue weighted by Gasteiger charge is -2.16. The quantitative estimate of drug-likeness (QED) is 0.368. The molecule has 5 N–H and O–H groups in total. The number of amides is 2. The number of carboxylic acid groups (broad SMARTS) is 1. The van der Waals surface area contributed by atoms with Crippen molar-refractivity contribution in [2.75, 3.05) is 24.3 Å². The number of anilines is 2. The van der Waals surface area contributed by atoms with Crippen LogP contribution in [-0.4, -0.2) is 54.8 Å². The van der Waals surface area contributed by atoms with Crippen LogP contribution in [0, 0.1) is 5.92 Å². The topological polar surface area (TPSA) is 189 Å². The van der Waals surface area contributed by atoms with E-state index in [1.807, 2.05) is 0 Å². The normalized spacial score (nSPS) is 13.6. The predicted octanol–water partition coefficient (Wildman–Crippen LogP) is 1.51. The molecule has 13 nitrogen and oxygen atoms in total. The van der Waals surface area contributed by atoms with E-state index in [2.05, 4.69) is 20.0 Å². The van der Waals surface area contributed by atoms with Gasteiger partial charge in [0.2, 0.25) is 17.7 Å². The van der Waals surface area contributed by atoms with Gasteiger partial charge in [0.1, 0.15) is 0 Å². The van der Waals surface area contributed by atoms with E-state index in [1.54, 1.807) is 22.9 Å². The number of nitrogens with zero attached hydrogens (tertiary/aromatic N) is 2. The first-order valence-electron chi connectivity index (χ1n) is 9.59. The summed E-state index contributed by atoms with van der Waals surface area (Å²) < 4.78 is 38.7. The number of carbonyl (C=O) groups is 2. The van der Waals surface area contributed by atoms with Gasteiger partial charge in [-0.3, -0.25) is 14.8 Å². The van der Waals surface area contributed by atoms with E-state index in [-0.39, 0.29) is 29.3 Å². The van der Waals surface area contributed by atoms with Crippen LogP contribution in [0.2, 0.25) is 0 Å². The van der Waals surface area contributed by atoms with Gasteiger partial charge in [-0.2, -0.15) is 18.4 Å². The minimum atomic E-state index is -4.29. The second kappa shape index (κ2) is 11.3. The SMILES string of the molecule is CC(=O)O.COc1cc(OC)nc(NC(=O)NS(=O)(=O)Nc2ccccc2C(O)C2CC2)n1. The lowest BCUT2D eigenvalue weighted by molar-refractivity contribution is -0.134. The molecule has 1 unspecified atom stereocenters. The van der Waals surface area contributed by atoms with Crippen LogP contribution in [0.5, 0.6) is 11.8 Å². The van der Waals surface area contributed by atoms with Crippen LogP contribution in [0.25, 0.3) is 0 Å². The van der Waals surface area contributed by atoms with Crippen molar-refractivity contribution in [3.05, 3.63) is 35.9 Å². The van der Waals surface area contributed by atoms with E-state index in [0.29, 0.717) is 5.56 Å². The summed E-state index contributed by atoms with van der Waals surface area (Å²) in [6.45, 7) is 1.08. The van der Waals surface area contributed by atoms with Gasteiger partial charge in [0.15, 0.2) is 0 Å². The summed E-state index contributed by atoms with van der Waals surface area (Å²) in [6, 6.07) is 6.77. The fourth-order valence-electron chi connectivity index (χ4n) is 2.60. The summed E-state index contributed by atoms with van der Waals surface area (Å²) in [5, 5.41) is 20.0. The van der Waals surface area contributed by atoms with Crippen molar-refractivity contribution in [3.8, 4) is 11.8 Å². The molecule has 1 saturated carbocycles. The van der Waals surface area contributed by atoms with E-state index in [9.17, 15) is 18.3 Å². The van der Waals surface area contributed by atoms with Gasteiger partial charge in [-0.1, -0.05) is 18.2 Å².